The molecule has 0 saturated carbocycles. The van der Waals surface area contributed by atoms with Gasteiger partial charge in [-0.15, -0.1) is 0 Å². The second-order valence-electron chi connectivity index (χ2n) is 6.28. The summed E-state index contributed by atoms with van der Waals surface area (Å²) in [5.41, 5.74) is 1.06. The number of aromatic nitrogens is 2. The number of halogens is 2. The zero-order valence-corrected chi connectivity index (χ0v) is 16.0. The summed E-state index contributed by atoms with van der Waals surface area (Å²) in [5, 5.41) is 1.48. The molecule has 0 radical (unpaired) electrons. The maximum atomic E-state index is 6.31. The molecule has 1 aromatic carbocycles. The summed E-state index contributed by atoms with van der Waals surface area (Å²) in [7, 11) is 3.65. The van der Waals surface area contributed by atoms with Gasteiger partial charge in [-0.25, -0.2) is 4.98 Å². The molecule has 5 nitrogen and oxygen atoms in total. The van der Waals surface area contributed by atoms with E-state index in [9.17, 15) is 0 Å². The lowest BCUT2D eigenvalue weighted by Gasteiger charge is -2.37. The lowest BCUT2D eigenvalue weighted by molar-refractivity contribution is 0.198. The number of methoxy groups -OCH3 is 1. The minimum atomic E-state index is 0.346. The summed E-state index contributed by atoms with van der Waals surface area (Å²) >= 11 is 12.4. The number of nitrogens with zero attached hydrogens (tertiary/aromatic N) is 4. The zero-order valence-electron chi connectivity index (χ0n) is 14.5. The van der Waals surface area contributed by atoms with Gasteiger partial charge in [-0.05, 0) is 43.1 Å². The number of hydrogen-bond donors (Lipinski definition) is 0. The number of benzene rings is 1. The van der Waals surface area contributed by atoms with Crippen molar-refractivity contribution in [1.82, 2.24) is 14.9 Å². The van der Waals surface area contributed by atoms with Gasteiger partial charge >= 0.3 is 0 Å². The van der Waals surface area contributed by atoms with E-state index in [2.05, 4.69) is 19.8 Å². The SMILES string of the molecule is COc1ccnc(N(C)C2CCCN(Cc3cc(Cl)ccc3Cl)C2)n1. The van der Waals surface area contributed by atoms with Gasteiger partial charge in [0.25, 0.3) is 0 Å². The van der Waals surface area contributed by atoms with Crippen LogP contribution in [0.3, 0.4) is 0 Å². The van der Waals surface area contributed by atoms with Crippen molar-refractivity contribution in [1.29, 1.82) is 0 Å². The van der Waals surface area contributed by atoms with E-state index >= 15 is 0 Å². The van der Waals surface area contributed by atoms with Crippen molar-refractivity contribution in [2.75, 3.05) is 32.1 Å². The summed E-state index contributed by atoms with van der Waals surface area (Å²) in [6.07, 6.45) is 3.96. The first kappa shape index (κ1) is 18.2. The average Bonchev–Trinajstić information content (AvgIpc) is 2.64. The Morgan fingerprint density at radius 1 is 1.32 bits per heavy atom. The largest absolute Gasteiger partial charge is 0.481 e. The van der Waals surface area contributed by atoms with Crippen LogP contribution >= 0.6 is 23.2 Å². The highest BCUT2D eigenvalue weighted by atomic mass is 35.5. The summed E-state index contributed by atoms with van der Waals surface area (Å²) in [6.45, 7) is 2.77. The third-order valence-corrected chi connectivity index (χ3v) is 5.18. The highest BCUT2D eigenvalue weighted by Gasteiger charge is 2.25. The maximum Gasteiger partial charge on any atom is 0.228 e. The molecule has 1 aromatic heterocycles. The fourth-order valence-electron chi connectivity index (χ4n) is 3.18. The Labute approximate surface area is 158 Å². The van der Waals surface area contributed by atoms with Gasteiger partial charge in [0, 0.05) is 48.5 Å². The summed E-state index contributed by atoms with van der Waals surface area (Å²) in [4.78, 5) is 13.3. The van der Waals surface area contributed by atoms with E-state index < -0.39 is 0 Å². The van der Waals surface area contributed by atoms with Gasteiger partial charge in [-0.1, -0.05) is 23.2 Å². The maximum absolute atomic E-state index is 6.31. The summed E-state index contributed by atoms with van der Waals surface area (Å²) in [5.74, 6) is 1.27. The van der Waals surface area contributed by atoms with Gasteiger partial charge in [0.15, 0.2) is 0 Å². The van der Waals surface area contributed by atoms with E-state index in [0.717, 1.165) is 48.1 Å². The summed E-state index contributed by atoms with van der Waals surface area (Å²) < 4.78 is 5.20. The van der Waals surface area contributed by atoms with Crippen molar-refractivity contribution in [2.24, 2.45) is 0 Å². The van der Waals surface area contributed by atoms with Crippen molar-refractivity contribution in [3.8, 4) is 5.88 Å². The van der Waals surface area contributed by atoms with Crippen LogP contribution in [0.25, 0.3) is 0 Å². The zero-order chi connectivity index (χ0) is 17.8. The van der Waals surface area contributed by atoms with E-state index in [1.54, 1.807) is 19.4 Å². The predicted molar refractivity (Wildman–Crippen MR) is 102 cm³/mol. The Balaban J connectivity index is 1.69. The number of ether oxygens (including phenoxy) is 1. The third kappa shape index (κ3) is 4.54. The molecule has 1 aliphatic rings. The first-order valence-corrected chi connectivity index (χ1v) is 9.08. The Morgan fingerprint density at radius 3 is 2.96 bits per heavy atom. The van der Waals surface area contributed by atoms with Crippen molar-refractivity contribution in [2.45, 2.75) is 25.4 Å². The lowest BCUT2D eigenvalue weighted by Crippen LogP contribution is -2.46. The molecule has 1 unspecified atom stereocenters. The fourth-order valence-corrected chi connectivity index (χ4v) is 3.55. The van der Waals surface area contributed by atoms with E-state index in [0.29, 0.717) is 17.9 Å². The van der Waals surface area contributed by atoms with E-state index in [4.69, 9.17) is 27.9 Å². The predicted octanol–water partition coefficient (Wildman–Crippen LogP) is 3.89. The normalized spacial score (nSPS) is 18.2. The minimum Gasteiger partial charge on any atom is -0.481 e. The first-order valence-electron chi connectivity index (χ1n) is 8.33. The number of rotatable bonds is 5. The second-order valence-corrected chi connectivity index (χ2v) is 7.12. The molecule has 2 heterocycles. The van der Waals surface area contributed by atoms with Crippen LogP contribution in [-0.4, -0.2) is 48.2 Å². The lowest BCUT2D eigenvalue weighted by atomic mass is 10.0. The van der Waals surface area contributed by atoms with E-state index in [1.807, 2.05) is 25.2 Å². The minimum absolute atomic E-state index is 0.346. The monoisotopic (exact) mass is 380 g/mol. The van der Waals surface area contributed by atoms with Crippen LogP contribution in [0.1, 0.15) is 18.4 Å². The first-order chi connectivity index (χ1) is 12.1. The van der Waals surface area contributed by atoms with E-state index in [1.165, 1.54) is 0 Å². The van der Waals surface area contributed by atoms with Crippen LogP contribution in [0, 0.1) is 0 Å². The Hall–Kier alpha value is -1.56. The number of piperidine rings is 1. The van der Waals surface area contributed by atoms with Crippen molar-refractivity contribution in [3.63, 3.8) is 0 Å². The van der Waals surface area contributed by atoms with Crippen LogP contribution in [-0.2, 0) is 6.54 Å². The topological polar surface area (TPSA) is 41.5 Å². The van der Waals surface area contributed by atoms with Gasteiger partial charge in [0.1, 0.15) is 0 Å². The summed E-state index contributed by atoms with van der Waals surface area (Å²) in [6, 6.07) is 7.73. The molecule has 1 fully saturated rings. The fraction of sp³-hybridized carbons (Fsp3) is 0.444. The molecular weight excluding hydrogens is 359 g/mol. The van der Waals surface area contributed by atoms with Gasteiger partial charge in [-0.2, -0.15) is 4.98 Å². The average molecular weight is 381 g/mol. The molecule has 7 heteroatoms. The van der Waals surface area contributed by atoms with Gasteiger partial charge in [0.2, 0.25) is 11.8 Å². The number of likely N-dealkylation sites (tertiary alicyclic amines) is 1. The molecule has 1 atom stereocenters. The molecule has 134 valence electrons. The highest BCUT2D eigenvalue weighted by molar-refractivity contribution is 6.33. The van der Waals surface area contributed by atoms with Gasteiger partial charge < -0.3 is 9.64 Å². The number of hydrogen-bond acceptors (Lipinski definition) is 5. The second kappa shape index (κ2) is 8.21. The number of anilines is 1. The van der Waals surface area contributed by atoms with Crippen LogP contribution in [0.5, 0.6) is 5.88 Å². The Kier molecular flexibility index (Phi) is 5.99. The van der Waals surface area contributed by atoms with Crippen LogP contribution in [0.2, 0.25) is 10.0 Å². The quantitative estimate of drug-likeness (QED) is 0.786. The molecule has 2 aromatic rings. The standard InChI is InChI=1S/C18H22Cl2N4O/c1-23(18-21-8-7-17(22-18)25-2)15-4-3-9-24(12-15)11-13-10-14(19)5-6-16(13)20/h5-8,10,15H,3-4,9,11-12H2,1-2H3. The smallest absolute Gasteiger partial charge is 0.228 e. The van der Waals surface area contributed by atoms with Crippen molar-refractivity contribution >= 4 is 29.2 Å². The number of likely N-dealkylation sites (N-methyl/N-ethyl adjacent to an activating group) is 1. The van der Waals surface area contributed by atoms with Crippen LogP contribution in [0.4, 0.5) is 5.95 Å². The van der Waals surface area contributed by atoms with Crippen LogP contribution < -0.4 is 9.64 Å². The van der Waals surface area contributed by atoms with Crippen molar-refractivity contribution < 1.29 is 4.74 Å². The molecule has 0 bridgehead atoms. The molecule has 3 rings (SSSR count). The Bertz CT molecular complexity index is 728. The van der Waals surface area contributed by atoms with Gasteiger partial charge in [0.05, 0.1) is 7.11 Å². The van der Waals surface area contributed by atoms with Crippen molar-refractivity contribution in [3.05, 3.63) is 46.1 Å². The van der Waals surface area contributed by atoms with E-state index in [-0.39, 0.29) is 0 Å². The highest BCUT2D eigenvalue weighted by Crippen LogP contribution is 2.25. The molecular formula is C18H22Cl2N4O. The Morgan fingerprint density at radius 2 is 2.16 bits per heavy atom. The molecule has 0 amide bonds. The molecule has 0 spiro atoms. The van der Waals surface area contributed by atoms with Gasteiger partial charge in [-0.3, -0.25) is 4.90 Å². The molecule has 0 aliphatic carbocycles. The molecule has 25 heavy (non-hydrogen) atoms. The molecule has 0 N–H and O–H groups in total. The molecule has 1 aliphatic heterocycles. The molecule has 1 saturated heterocycles. The van der Waals surface area contributed by atoms with Crippen LogP contribution in [0.15, 0.2) is 30.5 Å². The third-order valence-electron chi connectivity index (χ3n) is 4.57.